The van der Waals surface area contributed by atoms with Crippen LogP contribution in [0, 0.1) is 6.92 Å². The number of piperazine rings is 1. The number of carbonyl (C=O) groups excluding carboxylic acids is 1. The van der Waals surface area contributed by atoms with Gasteiger partial charge in [-0.1, -0.05) is 24.6 Å². The summed E-state index contributed by atoms with van der Waals surface area (Å²) < 4.78 is 24.8. The number of likely N-dealkylation sites (N-methyl/N-ethyl adjacent to an activating group) is 1. The molecule has 1 heterocycles. The highest BCUT2D eigenvalue weighted by atomic mass is 32.2. The van der Waals surface area contributed by atoms with Gasteiger partial charge in [-0.15, -0.1) is 0 Å². The molecule has 0 bridgehead atoms. The molecule has 28 heavy (non-hydrogen) atoms. The fourth-order valence-corrected chi connectivity index (χ4v) is 4.41. The van der Waals surface area contributed by atoms with Gasteiger partial charge < -0.3 is 15.1 Å². The number of hydrogen-bond donors (Lipinski definition) is 1. The summed E-state index contributed by atoms with van der Waals surface area (Å²) in [4.78, 5) is 17.1. The van der Waals surface area contributed by atoms with Crippen molar-refractivity contribution >= 4 is 27.1 Å². The van der Waals surface area contributed by atoms with Gasteiger partial charge in [-0.05, 0) is 49.9 Å². The van der Waals surface area contributed by atoms with Crippen LogP contribution >= 0.6 is 0 Å². The van der Waals surface area contributed by atoms with E-state index in [1.165, 1.54) is 12.1 Å². The van der Waals surface area contributed by atoms with Gasteiger partial charge in [0, 0.05) is 37.6 Å². The molecule has 1 saturated heterocycles. The van der Waals surface area contributed by atoms with Crippen LogP contribution in [0.1, 0.15) is 12.5 Å². The molecule has 0 aliphatic carbocycles. The normalized spacial score (nSPS) is 15.4. The van der Waals surface area contributed by atoms with Crippen molar-refractivity contribution in [3.8, 4) is 0 Å². The summed E-state index contributed by atoms with van der Waals surface area (Å²) in [5.41, 5.74) is 2.68. The third-order valence-electron chi connectivity index (χ3n) is 5.04. The number of carbonyl (C=O) groups is 1. The van der Waals surface area contributed by atoms with Crippen LogP contribution in [-0.2, 0) is 14.6 Å². The van der Waals surface area contributed by atoms with Crippen molar-refractivity contribution in [3.63, 3.8) is 0 Å². The Bertz CT molecular complexity index is 901. The van der Waals surface area contributed by atoms with E-state index >= 15 is 0 Å². The Morgan fingerprint density at radius 2 is 1.57 bits per heavy atom. The molecule has 1 amide bonds. The van der Waals surface area contributed by atoms with Crippen LogP contribution < -0.4 is 10.2 Å². The first-order valence-corrected chi connectivity index (χ1v) is 11.2. The summed E-state index contributed by atoms with van der Waals surface area (Å²) in [6.07, 6.45) is 0. The van der Waals surface area contributed by atoms with E-state index < -0.39 is 21.5 Å². The molecule has 0 saturated carbocycles. The van der Waals surface area contributed by atoms with Crippen LogP contribution in [0.25, 0.3) is 0 Å². The molecule has 2 aromatic carbocycles. The number of sulfone groups is 1. The van der Waals surface area contributed by atoms with Gasteiger partial charge in [0.2, 0.25) is 5.91 Å². The van der Waals surface area contributed by atoms with Gasteiger partial charge in [-0.2, -0.15) is 0 Å². The lowest BCUT2D eigenvalue weighted by Crippen LogP contribution is -2.46. The number of aryl methyl sites for hydroxylation is 1. The monoisotopic (exact) mass is 401 g/mol. The molecule has 150 valence electrons. The highest BCUT2D eigenvalue weighted by Crippen LogP contribution is 2.20. The minimum Gasteiger partial charge on any atom is -0.369 e. The Kier molecular flexibility index (Phi) is 6.36. The van der Waals surface area contributed by atoms with Crippen LogP contribution in [0.15, 0.2) is 53.4 Å². The Labute approximate surface area is 167 Å². The van der Waals surface area contributed by atoms with Crippen LogP contribution in [-0.4, -0.2) is 57.7 Å². The van der Waals surface area contributed by atoms with Gasteiger partial charge in [0.15, 0.2) is 9.84 Å². The number of amides is 1. The molecule has 0 unspecified atom stereocenters. The third-order valence-corrected chi connectivity index (χ3v) is 6.67. The van der Waals surface area contributed by atoms with Crippen molar-refractivity contribution in [2.45, 2.75) is 18.7 Å². The molecule has 1 aliphatic rings. The van der Waals surface area contributed by atoms with Gasteiger partial charge in [0.05, 0.1) is 4.90 Å². The maximum Gasteiger partial charge on any atom is 0.239 e. The number of nitrogens with zero attached hydrogens (tertiary/aromatic N) is 2. The number of rotatable bonds is 6. The second-order valence-corrected chi connectivity index (χ2v) is 9.08. The van der Waals surface area contributed by atoms with E-state index in [2.05, 4.69) is 22.0 Å². The molecular formula is C21H27N3O3S. The molecule has 7 heteroatoms. The largest absolute Gasteiger partial charge is 0.369 e. The summed E-state index contributed by atoms with van der Waals surface area (Å²) in [7, 11) is -3.65. The van der Waals surface area contributed by atoms with Crippen molar-refractivity contribution in [2.75, 3.05) is 48.7 Å². The molecule has 1 N–H and O–H groups in total. The number of nitrogens with one attached hydrogen (secondary N) is 1. The Hall–Kier alpha value is -2.38. The zero-order valence-electron chi connectivity index (χ0n) is 16.4. The van der Waals surface area contributed by atoms with Gasteiger partial charge in [-0.25, -0.2) is 8.42 Å². The van der Waals surface area contributed by atoms with Crippen LogP contribution in [0.5, 0.6) is 0 Å². The molecule has 0 aromatic heterocycles. The van der Waals surface area contributed by atoms with E-state index in [1.54, 1.807) is 12.1 Å². The molecule has 0 spiro atoms. The Morgan fingerprint density at radius 1 is 0.964 bits per heavy atom. The first-order chi connectivity index (χ1) is 13.4. The Balaban J connectivity index is 1.58. The van der Waals surface area contributed by atoms with Crippen LogP contribution in [0.4, 0.5) is 11.4 Å². The summed E-state index contributed by atoms with van der Waals surface area (Å²) in [5.74, 6) is -1.11. The fraction of sp³-hybridized carbons (Fsp3) is 0.381. The van der Waals surface area contributed by atoms with Crippen molar-refractivity contribution in [3.05, 3.63) is 54.1 Å². The number of benzene rings is 2. The fourth-order valence-electron chi connectivity index (χ4n) is 3.28. The Morgan fingerprint density at radius 3 is 2.14 bits per heavy atom. The van der Waals surface area contributed by atoms with Gasteiger partial charge in [-0.3, -0.25) is 4.79 Å². The van der Waals surface area contributed by atoms with Crippen molar-refractivity contribution < 1.29 is 13.2 Å². The molecule has 2 aromatic rings. The molecule has 6 nitrogen and oxygen atoms in total. The lowest BCUT2D eigenvalue weighted by atomic mass is 10.2. The number of hydrogen-bond acceptors (Lipinski definition) is 5. The minimum atomic E-state index is -3.65. The molecule has 1 fully saturated rings. The maximum atomic E-state index is 12.4. The van der Waals surface area contributed by atoms with Crippen LogP contribution in [0.2, 0.25) is 0 Å². The quantitative estimate of drug-likeness (QED) is 0.806. The SMILES string of the molecule is CCN1CCN(c2ccc(NC(=O)CS(=O)(=O)c3ccc(C)cc3)cc2)CC1. The van der Waals surface area contributed by atoms with Gasteiger partial charge >= 0.3 is 0 Å². The zero-order valence-corrected chi connectivity index (χ0v) is 17.2. The summed E-state index contributed by atoms with van der Waals surface area (Å²) in [6, 6.07) is 14.1. The topological polar surface area (TPSA) is 69.7 Å². The van der Waals surface area contributed by atoms with Crippen molar-refractivity contribution in [1.82, 2.24) is 4.90 Å². The zero-order chi connectivity index (χ0) is 20.1. The molecular weight excluding hydrogens is 374 g/mol. The van der Waals surface area contributed by atoms with Crippen molar-refractivity contribution in [2.24, 2.45) is 0 Å². The lowest BCUT2D eigenvalue weighted by Gasteiger charge is -2.35. The third kappa shape index (κ3) is 5.11. The molecule has 0 radical (unpaired) electrons. The van der Waals surface area contributed by atoms with Crippen molar-refractivity contribution in [1.29, 1.82) is 0 Å². The van der Waals surface area contributed by atoms with E-state index in [0.717, 1.165) is 44.0 Å². The predicted molar refractivity (Wildman–Crippen MR) is 113 cm³/mol. The summed E-state index contributed by atoms with van der Waals surface area (Å²) in [5, 5.41) is 2.68. The molecule has 0 atom stereocenters. The van der Waals surface area contributed by atoms with Crippen LogP contribution in [0.3, 0.4) is 0 Å². The first kappa shape index (κ1) is 20.4. The standard InChI is InChI=1S/C21H27N3O3S/c1-3-23-12-14-24(15-13-23)19-8-6-18(7-9-19)22-21(25)16-28(26,27)20-10-4-17(2)5-11-20/h4-11H,3,12-16H2,1-2H3,(H,22,25). The smallest absolute Gasteiger partial charge is 0.239 e. The van der Waals surface area contributed by atoms with E-state index in [9.17, 15) is 13.2 Å². The van der Waals surface area contributed by atoms with E-state index in [4.69, 9.17) is 0 Å². The average molecular weight is 402 g/mol. The predicted octanol–water partition coefficient (Wildman–Crippen LogP) is 2.55. The highest BCUT2D eigenvalue weighted by molar-refractivity contribution is 7.92. The van der Waals surface area contributed by atoms with E-state index in [0.29, 0.717) is 5.69 Å². The summed E-state index contributed by atoms with van der Waals surface area (Å²) in [6.45, 7) is 9.19. The number of anilines is 2. The first-order valence-electron chi connectivity index (χ1n) is 9.54. The van der Waals surface area contributed by atoms with E-state index in [1.807, 2.05) is 31.2 Å². The second-order valence-electron chi connectivity index (χ2n) is 7.09. The summed E-state index contributed by atoms with van der Waals surface area (Å²) >= 11 is 0. The second kappa shape index (κ2) is 8.75. The average Bonchev–Trinajstić information content (AvgIpc) is 2.68. The minimum absolute atomic E-state index is 0.162. The molecule has 1 aliphatic heterocycles. The highest BCUT2D eigenvalue weighted by Gasteiger charge is 2.20. The molecule has 3 rings (SSSR count). The van der Waals surface area contributed by atoms with Gasteiger partial charge in [0.25, 0.3) is 0 Å². The lowest BCUT2D eigenvalue weighted by molar-refractivity contribution is -0.113. The van der Waals surface area contributed by atoms with E-state index in [-0.39, 0.29) is 4.90 Å². The maximum absolute atomic E-state index is 12.4. The van der Waals surface area contributed by atoms with Gasteiger partial charge in [0.1, 0.15) is 5.75 Å².